The summed E-state index contributed by atoms with van der Waals surface area (Å²) in [7, 11) is 0. The Morgan fingerprint density at radius 1 is 1.00 bits per heavy atom. The normalized spacial score (nSPS) is 12.9. The van der Waals surface area contributed by atoms with Gasteiger partial charge in [0.25, 0.3) is 0 Å². The summed E-state index contributed by atoms with van der Waals surface area (Å²) in [6.45, 7) is -0.745. The van der Waals surface area contributed by atoms with Crippen LogP contribution in [0.3, 0.4) is 0 Å². The minimum atomic E-state index is -2.03. The van der Waals surface area contributed by atoms with Crippen LogP contribution in [0.4, 0.5) is 14.5 Å². The van der Waals surface area contributed by atoms with Gasteiger partial charge in [0, 0.05) is 28.4 Å². The van der Waals surface area contributed by atoms with Crippen LogP contribution in [0.5, 0.6) is 0 Å². The molecule has 0 radical (unpaired) electrons. The molecule has 1 atom stereocenters. The molecule has 0 saturated carbocycles. The maximum Gasteiger partial charge on any atom is 0.350 e. The second-order valence-electron chi connectivity index (χ2n) is 9.11. The Bertz CT molecular complexity index is 1750. The van der Waals surface area contributed by atoms with Gasteiger partial charge in [-0.3, -0.25) is 4.79 Å². The standard InChI is InChI=1S/C28H22ClF2N7O3/c29-20-4-1-19(2-5-20)3-12-26(39)35-22-7-9-23(10-8-22)37-18-34-38(27(37)40)15-28(41,14-36-17-32-16-33-36)24-11-6-21(30)13-25(24)31/h1-13,16-18,41H,14-15H2,(H,35,39)/b12-3+. The predicted molar refractivity (Wildman–Crippen MR) is 147 cm³/mol. The predicted octanol–water partition coefficient (Wildman–Crippen LogP) is 3.80. The molecule has 2 aromatic heterocycles. The lowest BCUT2D eigenvalue weighted by Crippen LogP contribution is -2.41. The lowest BCUT2D eigenvalue weighted by atomic mass is 9.93. The van der Waals surface area contributed by atoms with Crippen molar-refractivity contribution in [2.45, 2.75) is 18.7 Å². The maximum atomic E-state index is 14.7. The average Bonchev–Trinajstić information content (AvgIpc) is 3.58. The zero-order valence-electron chi connectivity index (χ0n) is 21.2. The highest BCUT2D eigenvalue weighted by atomic mass is 35.5. The van der Waals surface area contributed by atoms with Gasteiger partial charge >= 0.3 is 5.69 Å². The number of amides is 1. The number of carbonyl (C=O) groups excluding carboxylic acids is 1. The molecule has 0 saturated heterocycles. The number of carbonyl (C=O) groups is 1. The molecule has 0 aliphatic rings. The first-order valence-electron chi connectivity index (χ1n) is 12.2. The van der Waals surface area contributed by atoms with E-state index < -0.39 is 29.5 Å². The zero-order chi connectivity index (χ0) is 29.0. The van der Waals surface area contributed by atoms with Gasteiger partial charge in [0.1, 0.15) is 36.2 Å². The van der Waals surface area contributed by atoms with Gasteiger partial charge in [0.2, 0.25) is 5.91 Å². The monoisotopic (exact) mass is 577 g/mol. The van der Waals surface area contributed by atoms with Crippen molar-refractivity contribution in [3.8, 4) is 5.69 Å². The highest BCUT2D eigenvalue weighted by molar-refractivity contribution is 6.30. The Morgan fingerprint density at radius 2 is 1.76 bits per heavy atom. The fourth-order valence-electron chi connectivity index (χ4n) is 4.18. The number of aliphatic hydroxyl groups is 1. The molecule has 13 heteroatoms. The van der Waals surface area contributed by atoms with Gasteiger partial charge in [0.05, 0.1) is 18.8 Å². The molecule has 1 unspecified atom stereocenters. The van der Waals surface area contributed by atoms with Crippen molar-refractivity contribution in [3.63, 3.8) is 0 Å². The summed E-state index contributed by atoms with van der Waals surface area (Å²) in [6.07, 6.45) is 6.85. The molecule has 2 N–H and O–H groups in total. The first-order valence-corrected chi connectivity index (χ1v) is 12.6. The van der Waals surface area contributed by atoms with Crippen molar-refractivity contribution in [1.82, 2.24) is 29.1 Å². The van der Waals surface area contributed by atoms with Crippen LogP contribution in [0, 0.1) is 11.6 Å². The van der Waals surface area contributed by atoms with E-state index >= 15 is 0 Å². The summed E-state index contributed by atoms with van der Waals surface area (Å²) >= 11 is 5.87. The van der Waals surface area contributed by atoms with E-state index in [2.05, 4.69) is 20.5 Å². The molecule has 5 aromatic rings. The van der Waals surface area contributed by atoms with E-state index in [1.807, 2.05) is 0 Å². The van der Waals surface area contributed by atoms with Gasteiger partial charge in [-0.2, -0.15) is 10.2 Å². The van der Waals surface area contributed by atoms with E-state index in [-0.39, 0.29) is 18.0 Å². The van der Waals surface area contributed by atoms with Crippen molar-refractivity contribution < 1.29 is 18.7 Å². The van der Waals surface area contributed by atoms with Crippen molar-refractivity contribution in [2.24, 2.45) is 0 Å². The Kier molecular flexibility index (Phi) is 7.86. The highest BCUT2D eigenvalue weighted by Crippen LogP contribution is 2.28. The van der Waals surface area contributed by atoms with Gasteiger partial charge in [-0.05, 0) is 54.1 Å². The summed E-state index contributed by atoms with van der Waals surface area (Å²) in [5.41, 5.74) is -1.14. The number of hydrogen-bond acceptors (Lipinski definition) is 6. The molecule has 10 nitrogen and oxygen atoms in total. The molecular formula is C28H22ClF2N7O3. The number of hydrogen-bond donors (Lipinski definition) is 2. The minimum Gasteiger partial charge on any atom is -0.381 e. The first kappa shape index (κ1) is 27.6. The summed E-state index contributed by atoms with van der Waals surface area (Å²) in [5, 5.41) is 22.9. The summed E-state index contributed by atoms with van der Waals surface area (Å²) < 4.78 is 31.8. The third-order valence-electron chi connectivity index (χ3n) is 6.18. The molecule has 0 aliphatic carbocycles. The van der Waals surface area contributed by atoms with Crippen LogP contribution in [-0.4, -0.2) is 40.1 Å². The number of rotatable bonds is 9. The second-order valence-corrected chi connectivity index (χ2v) is 9.55. The topological polar surface area (TPSA) is 120 Å². The second kappa shape index (κ2) is 11.7. The van der Waals surface area contributed by atoms with Gasteiger partial charge in [-0.25, -0.2) is 32.5 Å². The maximum absolute atomic E-state index is 14.7. The van der Waals surface area contributed by atoms with Crippen molar-refractivity contribution >= 4 is 29.3 Å². The molecule has 1 amide bonds. The van der Waals surface area contributed by atoms with Crippen molar-refractivity contribution in [3.05, 3.63) is 130 Å². The molecule has 0 aliphatic heterocycles. The summed E-state index contributed by atoms with van der Waals surface area (Å²) in [5.74, 6) is -2.15. The Morgan fingerprint density at radius 3 is 2.44 bits per heavy atom. The van der Waals surface area contributed by atoms with E-state index in [9.17, 15) is 23.5 Å². The SMILES string of the molecule is O=C(/C=C/c1ccc(Cl)cc1)Nc1ccc(-n2cnn(CC(O)(Cn3cncn3)c3ccc(F)cc3F)c2=O)cc1. The molecule has 208 valence electrons. The smallest absolute Gasteiger partial charge is 0.350 e. The molecule has 2 heterocycles. The third-order valence-corrected chi connectivity index (χ3v) is 6.43. The number of halogens is 3. The molecule has 41 heavy (non-hydrogen) atoms. The number of nitrogens with zero attached hydrogens (tertiary/aromatic N) is 6. The molecular weight excluding hydrogens is 556 g/mol. The van der Waals surface area contributed by atoms with Gasteiger partial charge in [0.15, 0.2) is 0 Å². The third kappa shape index (κ3) is 6.45. The van der Waals surface area contributed by atoms with Gasteiger partial charge < -0.3 is 10.4 Å². The van der Waals surface area contributed by atoms with E-state index in [1.165, 1.54) is 34.3 Å². The average molecular weight is 578 g/mol. The molecule has 0 bridgehead atoms. The molecule has 5 rings (SSSR count). The van der Waals surface area contributed by atoms with Crippen LogP contribution in [-0.2, 0) is 23.5 Å². The van der Waals surface area contributed by atoms with Gasteiger partial charge in [-0.1, -0.05) is 29.8 Å². The van der Waals surface area contributed by atoms with Crippen LogP contribution < -0.4 is 11.0 Å². The number of nitrogens with one attached hydrogen (secondary N) is 1. The fraction of sp³-hybridized carbons (Fsp3) is 0.107. The zero-order valence-corrected chi connectivity index (χ0v) is 22.0. The van der Waals surface area contributed by atoms with E-state index in [4.69, 9.17) is 11.6 Å². The van der Waals surface area contributed by atoms with Crippen LogP contribution in [0.15, 0.2) is 96.6 Å². The first-order chi connectivity index (χ1) is 19.7. The summed E-state index contributed by atoms with van der Waals surface area (Å²) in [6, 6.07) is 16.2. The van der Waals surface area contributed by atoms with Crippen LogP contribution in [0.1, 0.15) is 11.1 Å². The van der Waals surface area contributed by atoms with Crippen LogP contribution in [0.2, 0.25) is 5.02 Å². The van der Waals surface area contributed by atoms with E-state index in [1.54, 1.807) is 54.6 Å². The molecule has 0 fully saturated rings. The molecule has 3 aromatic carbocycles. The van der Waals surface area contributed by atoms with Crippen molar-refractivity contribution in [1.29, 1.82) is 0 Å². The van der Waals surface area contributed by atoms with E-state index in [0.717, 1.165) is 22.4 Å². The number of aromatic nitrogens is 6. The summed E-state index contributed by atoms with van der Waals surface area (Å²) in [4.78, 5) is 29.3. The number of anilines is 1. The number of benzene rings is 3. The Labute approximate surface area is 236 Å². The van der Waals surface area contributed by atoms with Crippen LogP contribution in [0.25, 0.3) is 11.8 Å². The van der Waals surface area contributed by atoms with Crippen molar-refractivity contribution in [2.75, 3.05) is 5.32 Å². The van der Waals surface area contributed by atoms with Gasteiger partial charge in [-0.15, -0.1) is 0 Å². The Balaban J connectivity index is 1.33. The van der Waals surface area contributed by atoms with E-state index in [0.29, 0.717) is 22.5 Å². The molecule has 0 spiro atoms. The van der Waals surface area contributed by atoms with Crippen LogP contribution >= 0.6 is 11.6 Å². The minimum absolute atomic E-state index is 0.235. The largest absolute Gasteiger partial charge is 0.381 e. The highest BCUT2D eigenvalue weighted by Gasteiger charge is 2.35. The lowest BCUT2D eigenvalue weighted by Gasteiger charge is -2.28. The Hall–Kier alpha value is -4.94. The lowest BCUT2D eigenvalue weighted by molar-refractivity contribution is -0.111. The fourth-order valence-corrected chi connectivity index (χ4v) is 4.30. The quantitative estimate of drug-likeness (QED) is 0.257.